The Morgan fingerprint density at radius 1 is 1.21 bits per heavy atom. The number of rotatable bonds is 6. The van der Waals surface area contributed by atoms with Gasteiger partial charge < -0.3 is 9.64 Å². The summed E-state index contributed by atoms with van der Waals surface area (Å²) in [6, 6.07) is 14.2. The van der Waals surface area contributed by atoms with Crippen LogP contribution >= 0.6 is 0 Å². The Balaban J connectivity index is 1.72. The minimum atomic E-state index is 0.694. The molecule has 0 bridgehead atoms. The van der Waals surface area contributed by atoms with E-state index < -0.39 is 0 Å². The van der Waals surface area contributed by atoms with E-state index in [1.54, 1.807) is 0 Å². The first-order valence-corrected chi connectivity index (χ1v) is 9.99. The van der Waals surface area contributed by atoms with Crippen LogP contribution in [-0.2, 0) is 4.74 Å². The molecule has 4 rings (SSSR count). The Morgan fingerprint density at radius 3 is 2.76 bits per heavy atom. The zero-order valence-corrected chi connectivity index (χ0v) is 16.9. The quantitative estimate of drug-likeness (QED) is 0.509. The predicted octanol–water partition coefficient (Wildman–Crippen LogP) is 3.99. The molecule has 1 fully saturated rings. The summed E-state index contributed by atoms with van der Waals surface area (Å²) in [5.41, 5.74) is 6.94. The molecule has 7 nitrogen and oxygen atoms in total. The smallest absolute Gasteiger partial charge is 0.160 e. The van der Waals surface area contributed by atoms with Crippen molar-refractivity contribution in [1.82, 2.24) is 14.6 Å². The van der Waals surface area contributed by atoms with Crippen LogP contribution in [0.5, 0.6) is 0 Å². The van der Waals surface area contributed by atoms with Crippen LogP contribution in [0.15, 0.2) is 59.2 Å². The summed E-state index contributed by atoms with van der Waals surface area (Å²) in [6.45, 7) is 7.20. The number of anilines is 2. The normalized spacial score (nSPS) is 15.4. The van der Waals surface area contributed by atoms with Crippen molar-refractivity contribution in [2.75, 3.05) is 36.6 Å². The first-order chi connectivity index (χ1) is 14.2. The third kappa shape index (κ3) is 4.46. The largest absolute Gasteiger partial charge is 0.378 e. The van der Waals surface area contributed by atoms with E-state index in [1.165, 1.54) is 0 Å². The maximum atomic E-state index is 5.52. The van der Waals surface area contributed by atoms with Crippen molar-refractivity contribution >= 4 is 23.5 Å². The number of hydrogen-bond donors (Lipinski definition) is 1. The van der Waals surface area contributed by atoms with E-state index in [-0.39, 0.29) is 0 Å². The van der Waals surface area contributed by atoms with Crippen molar-refractivity contribution in [3.63, 3.8) is 0 Å². The van der Waals surface area contributed by atoms with E-state index in [0.29, 0.717) is 19.0 Å². The van der Waals surface area contributed by atoms with Crippen LogP contribution in [0.3, 0.4) is 0 Å². The molecule has 7 heteroatoms. The standard InChI is InChI=1S/C22H26N6O/c1-3-7-17(2)16-23-25-20-15-22(27-10-12-29-13-11-27)28-21(24-20)14-19(26-28)18-8-5-4-6-9-18/h4-9,14-16H,3,10-13H2,1-2H3,(H,24,25)/b17-7+,23-16+. The van der Waals surface area contributed by atoms with Crippen molar-refractivity contribution in [1.29, 1.82) is 0 Å². The van der Waals surface area contributed by atoms with Gasteiger partial charge in [-0.15, -0.1) is 0 Å². The fraction of sp³-hybridized carbons (Fsp3) is 0.318. The molecule has 2 aromatic heterocycles. The summed E-state index contributed by atoms with van der Waals surface area (Å²) in [7, 11) is 0. The highest BCUT2D eigenvalue weighted by Gasteiger charge is 2.18. The number of ether oxygens (including phenoxy) is 1. The van der Waals surface area contributed by atoms with Crippen LogP contribution in [0.2, 0.25) is 0 Å². The van der Waals surface area contributed by atoms with Crippen LogP contribution in [0.25, 0.3) is 16.9 Å². The van der Waals surface area contributed by atoms with Crippen LogP contribution < -0.4 is 10.3 Å². The number of fused-ring (bicyclic) bond motifs is 1. The molecular weight excluding hydrogens is 364 g/mol. The second-order valence-electron chi connectivity index (χ2n) is 6.99. The molecule has 150 valence electrons. The van der Waals surface area contributed by atoms with E-state index in [0.717, 1.165) is 47.8 Å². The number of allylic oxidation sites excluding steroid dienone is 2. The average Bonchev–Trinajstić information content (AvgIpc) is 3.19. The second-order valence-corrected chi connectivity index (χ2v) is 6.99. The summed E-state index contributed by atoms with van der Waals surface area (Å²) in [5, 5.41) is 9.17. The van der Waals surface area contributed by atoms with Crippen molar-refractivity contribution in [3.05, 3.63) is 54.1 Å². The van der Waals surface area contributed by atoms with Gasteiger partial charge in [-0.25, -0.2) is 4.98 Å². The fourth-order valence-electron chi connectivity index (χ4n) is 3.36. The molecule has 1 aromatic carbocycles. The summed E-state index contributed by atoms with van der Waals surface area (Å²) < 4.78 is 7.43. The number of hydrogen-bond acceptors (Lipinski definition) is 6. The molecule has 0 aliphatic carbocycles. The Morgan fingerprint density at radius 2 is 2.00 bits per heavy atom. The van der Waals surface area contributed by atoms with E-state index in [2.05, 4.69) is 40.6 Å². The highest BCUT2D eigenvalue weighted by atomic mass is 16.5. The molecule has 0 unspecified atom stereocenters. The third-order valence-electron chi connectivity index (χ3n) is 4.79. The topological polar surface area (TPSA) is 67.0 Å². The lowest BCUT2D eigenvalue weighted by Crippen LogP contribution is -2.37. The van der Waals surface area contributed by atoms with Crippen LogP contribution in [0.1, 0.15) is 20.3 Å². The van der Waals surface area contributed by atoms with E-state index in [4.69, 9.17) is 14.8 Å². The third-order valence-corrected chi connectivity index (χ3v) is 4.79. The molecule has 0 atom stereocenters. The maximum absolute atomic E-state index is 5.52. The molecular formula is C22H26N6O. The number of morpholine rings is 1. The number of hydrazone groups is 1. The maximum Gasteiger partial charge on any atom is 0.160 e. The summed E-state index contributed by atoms with van der Waals surface area (Å²) in [4.78, 5) is 6.99. The Kier molecular flexibility index (Phi) is 5.86. The molecule has 0 amide bonds. The monoisotopic (exact) mass is 390 g/mol. The lowest BCUT2D eigenvalue weighted by Gasteiger charge is -2.29. The van der Waals surface area contributed by atoms with Gasteiger partial charge in [0.05, 0.1) is 18.9 Å². The van der Waals surface area contributed by atoms with Gasteiger partial charge in [0.25, 0.3) is 0 Å². The molecule has 0 saturated carbocycles. The zero-order chi connectivity index (χ0) is 20.1. The second kappa shape index (κ2) is 8.87. The van der Waals surface area contributed by atoms with Gasteiger partial charge in [0.2, 0.25) is 0 Å². The highest BCUT2D eigenvalue weighted by molar-refractivity contribution is 5.78. The van der Waals surface area contributed by atoms with Crippen LogP contribution in [0.4, 0.5) is 11.6 Å². The lowest BCUT2D eigenvalue weighted by molar-refractivity contribution is 0.122. The number of nitrogens with zero attached hydrogens (tertiary/aromatic N) is 5. The average molecular weight is 390 g/mol. The predicted molar refractivity (Wildman–Crippen MR) is 118 cm³/mol. The molecule has 3 heterocycles. The Hall–Kier alpha value is -3.19. The minimum Gasteiger partial charge on any atom is -0.378 e. The summed E-state index contributed by atoms with van der Waals surface area (Å²) in [6.07, 6.45) is 4.93. The summed E-state index contributed by atoms with van der Waals surface area (Å²) in [5.74, 6) is 1.68. The van der Waals surface area contributed by atoms with Gasteiger partial charge in [-0.05, 0) is 18.9 Å². The highest BCUT2D eigenvalue weighted by Crippen LogP contribution is 2.25. The van der Waals surface area contributed by atoms with Gasteiger partial charge in [0.15, 0.2) is 11.5 Å². The fourth-order valence-corrected chi connectivity index (χ4v) is 3.36. The van der Waals surface area contributed by atoms with Crippen LogP contribution in [0, 0.1) is 0 Å². The van der Waals surface area contributed by atoms with Crippen molar-refractivity contribution in [2.45, 2.75) is 20.3 Å². The van der Waals surface area contributed by atoms with Gasteiger partial charge in [-0.1, -0.05) is 43.3 Å². The van der Waals surface area contributed by atoms with Crippen molar-refractivity contribution in [3.8, 4) is 11.3 Å². The van der Waals surface area contributed by atoms with Crippen molar-refractivity contribution in [2.24, 2.45) is 5.10 Å². The Labute approximate surface area is 170 Å². The van der Waals surface area contributed by atoms with E-state index in [1.807, 2.05) is 48.0 Å². The molecule has 1 aliphatic heterocycles. The van der Waals surface area contributed by atoms with Gasteiger partial charge in [-0.3, -0.25) is 5.43 Å². The van der Waals surface area contributed by atoms with Gasteiger partial charge >= 0.3 is 0 Å². The minimum absolute atomic E-state index is 0.694. The SMILES string of the molecule is CC/C=C(C)/C=N/Nc1cc(N2CCOCC2)n2nc(-c3ccccc3)cc2n1. The summed E-state index contributed by atoms with van der Waals surface area (Å²) >= 11 is 0. The van der Waals surface area contributed by atoms with E-state index in [9.17, 15) is 0 Å². The lowest BCUT2D eigenvalue weighted by atomic mass is 10.2. The van der Waals surface area contributed by atoms with E-state index >= 15 is 0 Å². The first kappa shape index (κ1) is 19.1. The zero-order valence-electron chi connectivity index (χ0n) is 16.9. The first-order valence-electron chi connectivity index (χ1n) is 9.99. The van der Waals surface area contributed by atoms with Crippen molar-refractivity contribution < 1.29 is 4.74 Å². The number of aromatic nitrogens is 3. The van der Waals surface area contributed by atoms with Gasteiger partial charge in [0.1, 0.15) is 5.82 Å². The molecule has 1 aliphatic rings. The molecule has 0 radical (unpaired) electrons. The van der Waals surface area contributed by atoms with Gasteiger partial charge in [0, 0.05) is 37.0 Å². The number of benzene rings is 1. The molecule has 29 heavy (non-hydrogen) atoms. The number of nitrogens with one attached hydrogen (secondary N) is 1. The molecule has 0 spiro atoms. The molecule has 1 N–H and O–H groups in total. The Bertz CT molecular complexity index is 1020. The van der Waals surface area contributed by atoms with Gasteiger partial charge in [-0.2, -0.15) is 14.7 Å². The molecule has 1 saturated heterocycles. The molecule has 3 aromatic rings. The van der Waals surface area contributed by atoms with Crippen LogP contribution in [-0.4, -0.2) is 47.1 Å².